The average Bonchev–Trinajstić information content (AvgIpc) is 3.06. The van der Waals surface area contributed by atoms with E-state index < -0.39 is 0 Å². The number of halogens is 1. The molecule has 106 valence electrons. The Balaban J connectivity index is 1.57. The maximum Gasteiger partial charge on any atom is 0.293 e. The summed E-state index contributed by atoms with van der Waals surface area (Å²) in [6, 6.07) is 6.89. The fraction of sp³-hybridized carbons (Fsp3) is 0.214. The summed E-state index contributed by atoms with van der Waals surface area (Å²) in [6.45, 7) is 0. The minimum atomic E-state index is -0.333. The van der Waals surface area contributed by atoms with Crippen LogP contribution < -0.4 is 5.32 Å². The van der Waals surface area contributed by atoms with Crippen molar-refractivity contribution in [3.8, 4) is 0 Å². The van der Waals surface area contributed by atoms with Gasteiger partial charge in [0.05, 0.1) is 0 Å². The number of amides is 1. The standard InChI is InChI=1S/C14H10ClN3O2S/c15-9-3-4-10-8(5-9)6-11(20-10)12(19)16-14-18-17-13(21-14)7-1-2-7/h3-7H,1-2H2,(H,16,18,19). The molecular weight excluding hydrogens is 310 g/mol. The Morgan fingerprint density at radius 1 is 1.33 bits per heavy atom. The number of furan rings is 1. The summed E-state index contributed by atoms with van der Waals surface area (Å²) in [6.07, 6.45) is 2.32. The number of rotatable bonds is 3. The highest BCUT2D eigenvalue weighted by molar-refractivity contribution is 7.15. The molecule has 0 bridgehead atoms. The fourth-order valence-electron chi connectivity index (χ4n) is 2.07. The number of carbonyl (C=O) groups excluding carboxylic acids is 1. The highest BCUT2D eigenvalue weighted by atomic mass is 35.5. The van der Waals surface area contributed by atoms with E-state index in [0.717, 1.165) is 23.2 Å². The van der Waals surface area contributed by atoms with E-state index in [1.54, 1.807) is 24.3 Å². The molecule has 1 aliphatic rings. The van der Waals surface area contributed by atoms with Gasteiger partial charge in [-0.1, -0.05) is 22.9 Å². The molecule has 7 heteroatoms. The molecule has 4 rings (SSSR count). The topological polar surface area (TPSA) is 68.0 Å². The van der Waals surface area contributed by atoms with Crippen molar-refractivity contribution in [3.05, 3.63) is 40.1 Å². The van der Waals surface area contributed by atoms with Crippen molar-refractivity contribution in [2.24, 2.45) is 0 Å². The van der Waals surface area contributed by atoms with Crippen LogP contribution in [0.1, 0.15) is 34.3 Å². The number of carbonyl (C=O) groups is 1. The van der Waals surface area contributed by atoms with Gasteiger partial charge in [-0.05, 0) is 37.1 Å². The molecule has 3 aromatic rings. The summed E-state index contributed by atoms with van der Waals surface area (Å²) in [5, 5.41) is 13.7. The molecule has 1 fully saturated rings. The molecule has 0 radical (unpaired) electrons. The van der Waals surface area contributed by atoms with E-state index >= 15 is 0 Å². The maximum absolute atomic E-state index is 12.2. The lowest BCUT2D eigenvalue weighted by Crippen LogP contribution is -2.10. The molecule has 1 aromatic carbocycles. The largest absolute Gasteiger partial charge is 0.451 e. The van der Waals surface area contributed by atoms with Crippen LogP contribution in [0.5, 0.6) is 0 Å². The van der Waals surface area contributed by atoms with Gasteiger partial charge < -0.3 is 4.42 Å². The molecule has 0 aliphatic heterocycles. The lowest BCUT2D eigenvalue weighted by molar-refractivity contribution is 0.0998. The summed E-state index contributed by atoms with van der Waals surface area (Å²) >= 11 is 7.34. The van der Waals surface area contributed by atoms with Gasteiger partial charge in [-0.2, -0.15) is 0 Å². The third-order valence-electron chi connectivity index (χ3n) is 3.29. The third kappa shape index (κ3) is 2.52. The molecule has 1 aliphatic carbocycles. The van der Waals surface area contributed by atoms with Crippen LogP contribution in [0.2, 0.25) is 5.02 Å². The first kappa shape index (κ1) is 12.8. The van der Waals surface area contributed by atoms with Crippen molar-refractivity contribution in [3.63, 3.8) is 0 Å². The monoisotopic (exact) mass is 319 g/mol. The lowest BCUT2D eigenvalue weighted by atomic mass is 10.2. The Bertz CT molecular complexity index is 838. The van der Waals surface area contributed by atoms with Crippen LogP contribution in [-0.2, 0) is 0 Å². The normalized spacial score (nSPS) is 14.5. The predicted octanol–water partition coefficient (Wildman–Crippen LogP) is 4.07. The van der Waals surface area contributed by atoms with Gasteiger partial charge in [-0.3, -0.25) is 10.1 Å². The molecule has 0 unspecified atom stereocenters. The maximum atomic E-state index is 12.2. The van der Waals surface area contributed by atoms with Crippen molar-refractivity contribution < 1.29 is 9.21 Å². The van der Waals surface area contributed by atoms with Gasteiger partial charge in [-0.15, -0.1) is 10.2 Å². The van der Waals surface area contributed by atoms with Gasteiger partial charge in [-0.25, -0.2) is 0 Å². The summed E-state index contributed by atoms with van der Waals surface area (Å²) in [4.78, 5) is 12.2. The molecule has 2 heterocycles. The van der Waals surface area contributed by atoms with Crippen molar-refractivity contribution in [2.75, 3.05) is 5.32 Å². The molecule has 1 amide bonds. The summed E-state index contributed by atoms with van der Waals surface area (Å²) in [7, 11) is 0. The van der Waals surface area contributed by atoms with Gasteiger partial charge >= 0.3 is 0 Å². The molecule has 0 saturated heterocycles. The zero-order chi connectivity index (χ0) is 14.4. The second-order valence-corrected chi connectivity index (χ2v) is 6.41. The number of benzene rings is 1. The van der Waals surface area contributed by atoms with Crippen LogP contribution in [0.25, 0.3) is 11.0 Å². The van der Waals surface area contributed by atoms with Gasteiger partial charge in [0.25, 0.3) is 5.91 Å². The molecule has 5 nitrogen and oxygen atoms in total. The first-order valence-electron chi connectivity index (χ1n) is 6.53. The van der Waals surface area contributed by atoms with Gasteiger partial charge in [0.15, 0.2) is 5.76 Å². The van der Waals surface area contributed by atoms with E-state index in [1.807, 2.05) is 0 Å². The second-order valence-electron chi connectivity index (χ2n) is 4.97. The summed E-state index contributed by atoms with van der Waals surface area (Å²) in [5.41, 5.74) is 0.625. The Labute approximate surface area is 128 Å². The van der Waals surface area contributed by atoms with Crippen molar-refractivity contribution in [1.82, 2.24) is 10.2 Å². The zero-order valence-electron chi connectivity index (χ0n) is 10.8. The number of hydrogen-bond acceptors (Lipinski definition) is 5. The lowest BCUT2D eigenvalue weighted by Gasteiger charge is -1.95. The number of fused-ring (bicyclic) bond motifs is 1. The predicted molar refractivity (Wildman–Crippen MR) is 81.1 cm³/mol. The molecule has 0 atom stereocenters. The molecule has 21 heavy (non-hydrogen) atoms. The van der Waals surface area contributed by atoms with Crippen LogP contribution in [0.4, 0.5) is 5.13 Å². The molecule has 0 spiro atoms. The highest BCUT2D eigenvalue weighted by Gasteiger charge is 2.28. The zero-order valence-corrected chi connectivity index (χ0v) is 12.4. The highest BCUT2D eigenvalue weighted by Crippen LogP contribution is 2.42. The van der Waals surface area contributed by atoms with E-state index in [2.05, 4.69) is 15.5 Å². The summed E-state index contributed by atoms with van der Waals surface area (Å²) in [5.74, 6) is 0.428. The number of nitrogens with one attached hydrogen (secondary N) is 1. The second kappa shape index (κ2) is 4.82. The Hall–Kier alpha value is -1.92. The molecule has 1 saturated carbocycles. The smallest absolute Gasteiger partial charge is 0.293 e. The van der Waals surface area contributed by atoms with Crippen molar-refractivity contribution >= 4 is 44.9 Å². The molecule has 1 N–H and O–H groups in total. The first-order chi connectivity index (χ1) is 10.2. The molecular formula is C14H10ClN3O2S. The van der Waals surface area contributed by atoms with E-state index in [1.165, 1.54) is 11.3 Å². The minimum Gasteiger partial charge on any atom is -0.451 e. The Morgan fingerprint density at radius 3 is 3.00 bits per heavy atom. The van der Waals surface area contributed by atoms with Crippen LogP contribution >= 0.6 is 22.9 Å². The van der Waals surface area contributed by atoms with Gasteiger partial charge in [0.2, 0.25) is 5.13 Å². The fourth-order valence-corrected chi connectivity index (χ4v) is 3.15. The van der Waals surface area contributed by atoms with Gasteiger partial charge in [0, 0.05) is 16.3 Å². The van der Waals surface area contributed by atoms with Crippen LogP contribution in [0.3, 0.4) is 0 Å². The van der Waals surface area contributed by atoms with E-state index in [-0.39, 0.29) is 11.7 Å². The number of hydrogen-bond donors (Lipinski definition) is 1. The number of aromatic nitrogens is 2. The minimum absolute atomic E-state index is 0.232. The van der Waals surface area contributed by atoms with E-state index in [0.29, 0.717) is 21.7 Å². The Morgan fingerprint density at radius 2 is 2.19 bits per heavy atom. The van der Waals surface area contributed by atoms with Crippen LogP contribution in [0.15, 0.2) is 28.7 Å². The quantitative estimate of drug-likeness (QED) is 0.790. The average molecular weight is 320 g/mol. The van der Waals surface area contributed by atoms with E-state index in [4.69, 9.17) is 16.0 Å². The summed E-state index contributed by atoms with van der Waals surface area (Å²) < 4.78 is 5.51. The van der Waals surface area contributed by atoms with Crippen LogP contribution in [-0.4, -0.2) is 16.1 Å². The van der Waals surface area contributed by atoms with Crippen molar-refractivity contribution in [2.45, 2.75) is 18.8 Å². The molecule has 2 aromatic heterocycles. The Kier molecular flexibility index (Phi) is 2.94. The number of anilines is 1. The SMILES string of the molecule is O=C(Nc1nnc(C2CC2)s1)c1cc2cc(Cl)ccc2o1. The van der Waals surface area contributed by atoms with Crippen molar-refractivity contribution in [1.29, 1.82) is 0 Å². The third-order valence-corrected chi connectivity index (χ3v) is 4.53. The van der Waals surface area contributed by atoms with Gasteiger partial charge in [0.1, 0.15) is 10.6 Å². The van der Waals surface area contributed by atoms with E-state index in [9.17, 15) is 4.79 Å². The number of nitrogens with zero attached hydrogens (tertiary/aromatic N) is 2. The first-order valence-corrected chi connectivity index (χ1v) is 7.72. The van der Waals surface area contributed by atoms with Crippen LogP contribution in [0, 0.1) is 0 Å².